The molecule has 0 saturated heterocycles. The Kier molecular flexibility index (Phi) is 6.36. The molecule has 4 heteroatoms. The summed E-state index contributed by atoms with van der Waals surface area (Å²) in [5, 5.41) is 0. The van der Waals surface area contributed by atoms with Gasteiger partial charge < -0.3 is 9.64 Å². The first-order valence-electron chi connectivity index (χ1n) is 6.04. The molecule has 0 aliphatic carbocycles. The van der Waals surface area contributed by atoms with E-state index in [0.717, 1.165) is 16.5 Å². The first kappa shape index (κ1) is 15.2. The molecule has 1 unspecified atom stereocenters. The lowest BCUT2D eigenvalue weighted by molar-refractivity contribution is -0.131. The minimum Gasteiger partial charge on any atom is -0.382 e. The zero-order valence-electron chi connectivity index (χ0n) is 11.1. The first-order chi connectivity index (χ1) is 8.52. The largest absolute Gasteiger partial charge is 0.382 e. The summed E-state index contributed by atoms with van der Waals surface area (Å²) in [4.78, 5) is 13.7. The third-order valence-electron chi connectivity index (χ3n) is 2.93. The number of benzene rings is 1. The van der Waals surface area contributed by atoms with E-state index in [9.17, 15) is 4.79 Å². The number of methoxy groups -OCH3 is 1. The minimum atomic E-state index is 0.134. The molecule has 0 aromatic heterocycles. The lowest BCUT2D eigenvalue weighted by Crippen LogP contribution is -2.26. The number of carbonyl (C=O) groups is 1. The van der Waals surface area contributed by atoms with Crippen LogP contribution in [0.3, 0.4) is 0 Å². The molecule has 0 bridgehead atoms. The van der Waals surface area contributed by atoms with Crippen molar-refractivity contribution in [2.75, 3.05) is 14.2 Å². The van der Waals surface area contributed by atoms with Gasteiger partial charge in [0.05, 0.1) is 6.10 Å². The van der Waals surface area contributed by atoms with Crippen LogP contribution < -0.4 is 0 Å². The van der Waals surface area contributed by atoms with Gasteiger partial charge in [0.1, 0.15) is 0 Å². The minimum absolute atomic E-state index is 0.134. The van der Waals surface area contributed by atoms with Crippen LogP contribution in [0.4, 0.5) is 0 Å². The number of nitrogens with zero attached hydrogens (tertiary/aromatic N) is 1. The van der Waals surface area contributed by atoms with Crippen molar-refractivity contribution in [2.24, 2.45) is 0 Å². The molecule has 1 aromatic rings. The Balaban J connectivity index is 2.42. The Labute approximate surface area is 117 Å². The molecule has 0 saturated carbocycles. The summed E-state index contributed by atoms with van der Waals surface area (Å²) in [6.07, 6.45) is 1.43. The highest BCUT2D eigenvalue weighted by atomic mass is 79.9. The fraction of sp³-hybridized carbons (Fsp3) is 0.500. The van der Waals surface area contributed by atoms with E-state index in [1.807, 2.05) is 38.2 Å². The predicted molar refractivity (Wildman–Crippen MR) is 76.3 cm³/mol. The van der Waals surface area contributed by atoms with Gasteiger partial charge in [-0.15, -0.1) is 0 Å². The van der Waals surface area contributed by atoms with Crippen molar-refractivity contribution in [2.45, 2.75) is 32.4 Å². The van der Waals surface area contributed by atoms with E-state index in [1.165, 1.54) is 0 Å². The second-order valence-corrected chi connectivity index (χ2v) is 5.38. The van der Waals surface area contributed by atoms with Crippen LogP contribution in [0.25, 0.3) is 0 Å². The smallest absolute Gasteiger partial charge is 0.222 e. The van der Waals surface area contributed by atoms with Crippen LogP contribution in [-0.4, -0.2) is 31.1 Å². The summed E-state index contributed by atoms with van der Waals surface area (Å²) in [5.74, 6) is 0.154. The third kappa shape index (κ3) is 5.19. The quantitative estimate of drug-likeness (QED) is 0.807. The van der Waals surface area contributed by atoms with E-state index in [4.69, 9.17) is 4.74 Å². The molecule has 1 aromatic carbocycles. The van der Waals surface area contributed by atoms with E-state index < -0.39 is 0 Å². The van der Waals surface area contributed by atoms with Crippen molar-refractivity contribution < 1.29 is 9.53 Å². The van der Waals surface area contributed by atoms with Crippen LogP contribution in [0.5, 0.6) is 0 Å². The van der Waals surface area contributed by atoms with Crippen molar-refractivity contribution in [1.82, 2.24) is 4.90 Å². The topological polar surface area (TPSA) is 29.5 Å². The van der Waals surface area contributed by atoms with Gasteiger partial charge in [-0.05, 0) is 31.0 Å². The second-order valence-electron chi connectivity index (χ2n) is 4.46. The number of hydrogen-bond donors (Lipinski definition) is 0. The Morgan fingerprint density at radius 3 is 2.56 bits per heavy atom. The second kappa shape index (κ2) is 7.54. The van der Waals surface area contributed by atoms with Crippen LogP contribution in [-0.2, 0) is 16.1 Å². The van der Waals surface area contributed by atoms with Gasteiger partial charge >= 0.3 is 0 Å². The van der Waals surface area contributed by atoms with E-state index in [-0.39, 0.29) is 12.0 Å². The number of hydrogen-bond acceptors (Lipinski definition) is 2. The van der Waals surface area contributed by atoms with E-state index in [0.29, 0.717) is 13.0 Å². The number of halogens is 1. The van der Waals surface area contributed by atoms with Crippen LogP contribution in [0.2, 0.25) is 0 Å². The van der Waals surface area contributed by atoms with Crippen LogP contribution >= 0.6 is 15.9 Å². The Hall–Kier alpha value is -0.870. The van der Waals surface area contributed by atoms with Crippen molar-refractivity contribution in [3.63, 3.8) is 0 Å². The van der Waals surface area contributed by atoms with Gasteiger partial charge in [0.2, 0.25) is 5.91 Å². The molecule has 1 rings (SSSR count). The van der Waals surface area contributed by atoms with Gasteiger partial charge in [0.25, 0.3) is 0 Å². The SMILES string of the molecule is COC(C)CCC(=O)N(C)Cc1ccc(Br)cc1. The highest BCUT2D eigenvalue weighted by Crippen LogP contribution is 2.12. The van der Waals surface area contributed by atoms with E-state index in [1.54, 1.807) is 12.0 Å². The average Bonchev–Trinajstić information content (AvgIpc) is 2.38. The molecule has 100 valence electrons. The number of amides is 1. The van der Waals surface area contributed by atoms with Crippen molar-refractivity contribution >= 4 is 21.8 Å². The summed E-state index contributed by atoms with van der Waals surface area (Å²) in [5.41, 5.74) is 1.13. The molecule has 0 radical (unpaired) electrons. The molecule has 1 atom stereocenters. The zero-order chi connectivity index (χ0) is 13.5. The summed E-state index contributed by atoms with van der Waals surface area (Å²) in [6.45, 7) is 2.62. The van der Waals surface area contributed by atoms with Gasteiger partial charge in [-0.1, -0.05) is 28.1 Å². The lowest BCUT2D eigenvalue weighted by atomic mass is 10.2. The Morgan fingerprint density at radius 1 is 1.39 bits per heavy atom. The number of carbonyl (C=O) groups excluding carboxylic acids is 1. The molecule has 3 nitrogen and oxygen atoms in total. The van der Waals surface area contributed by atoms with Gasteiger partial charge in [-0.25, -0.2) is 0 Å². The summed E-state index contributed by atoms with van der Waals surface area (Å²) in [6, 6.07) is 8.01. The molecule has 0 N–H and O–H groups in total. The van der Waals surface area contributed by atoms with Crippen LogP contribution in [0, 0.1) is 0 Å². The predicted octanol–water partition coefficient (Wildman–Crippen LogP) is 3.22. The van der Waals surface area contributed by atoms with E-state index >= 15 is 0 Å². The highest BCUT2D eigenvalue weighted by Gasteiger charge is 2.11. The maximum absolute atomic E-state index is 11.9. The van der Waals surface area contributed by atoms with Gasteiger partial charge in [-0.2, -0.15) is 0 Å². The first-order valence-corrected chi connectivity index (χ1v) is 6.83. The summed E-state index contributed by atoms with van der Waals surface area (Å²) >= 11 is 3.39. The van der Waals surface area contributed by atoms with Crippen LogP contribution in [0.15, 0.2) is 28.7 Å². The molecular weight excluding hydrogens is 294 g/mol. The standard InChI is InChI=1S/C14H20BrNO2/c1-11(18-3)4-9-14(17)16(2)10-12-5-7-13(15)8-6-12/h5-8,11H,4,9-10H2,1-3H3. The van der Waals surface area contributed by atoms with Gasteiger partial charge in [0, 0.05) is 31.6 Å². The molecule has 0 heterocycles. The Morgan fingerprint density at radius 2 is 2.00 bits per heavy atom. The maximum Gasteiger partial charge on any atom is 0.222 e. The molecule has 0 aliphatic heterocycles. The number of ether oxygens (including phenoxy) is 1. The summed E-state index contributed by atoms with van der Waals surface area (Å²) < 4.78 is 6.19. The average molecular weight is 314 g/mol. The molecule has 0 fully saturated rings. The molecule has 1 amide bonds. The molecule has 0 spiro atoms. The zero-order valence-corrected chi connectivity index (χ0v) is 12.7. The third-order valence-corrected chi connectivity index (χ3v) is 3.45. The normalized spacial score (nSPS) is 12.2. The molecule has 18 heavy (non-hydrogen) atoms. The number of rotatable bonds is 6. The fourth-order valence-electron chi connectivity index (χ4n) is 1.59. The fourth-order valence-corrected chi connectivity index (χ4v) is 1.85. The van der Waals surface area contributed by atoms with Crippen LogP contribution in [0.1, 0.15) is 25.3 Å². The summed E-state index contributed by atoms with van der Waals surface area (Å²) in [7, 11) is 3.50. The molecule has 0 aliphatic rings. The van der Waals surface area contributed by atoms with Gasteiger partial charge in [-0.3, -0.25) is 4.79 Å². The Bertz CT molecular complexity index is 378. The van der Waals surface area contributed by atoms with E-state index in [2.05, 4.69) is 15.9 Å². The molecular formula is C14H20BrNO2. The van der Waals surface area contributed by atoms with Crippen molar-refractivity contribution in [3.8, 4) is 0 Å². The van der Waals surface area contributed by atoms with Crippen molar-refractivity contribution in [3.05, 3.63) is 34.3 Å². The van der Waals surface area contributed by atoms with Gasteiger partial charge in [0.15, 0.2) is 0 Å². The highest BCUT2D eigenvalue weighted by molar-refractivity contribution is 9.10. The van der Waals surface area contributed by atoms with Crippen molar-refractivity contribution in [1.29, 1.82) is 0 Å². The monoisotopic (exact) mass is 313 g/mol. The lowest BCUT2D eigenvalue weighted by Gasteiger charge is -2.18. The maximum atomic E-state index is 11.9.